The van der Waals surface area contributed by atoms with Crippen LogP contribution in [0.1, 0.15) is 33.8 Å². The third-order valence-corrected chi connectivity index (χ3v) is 7.71. The van der Waals surface area contributed by atoms with Crippen LogP contribution in [0.25, 0.3) is 21.1 Å². The van der Waals surface area contributed by atoms with E-state index >= 15 is 0 Å². The SMILES string of the molecule is O=C(O)C(Cc1c[nH]c2ccccc12)Nc1nc(Cc2ccccc2)nc2sc3c(c12)CCC3. The molecule has 1 atom stereocenters. The van der Waals surface area contributed by atoms with Gasteiger partial charge < -0.3 is 15.4 Å². The molecule has 0 bridgehead atoms. The maximum Gasteiger partial charge on any atom is 0.326 e. The Balaban J connectivity index is 1.39. The lowest BCUT2D eigenvalue weighted by atomic mass is 10.0. The van der Waals surface area contributed by atoms with Crippen LogP contribution in [-0.2, 0) is 30.5 Å². The first-order valence-electron chi connectivity index (χ1n) is 11.5. The molecule has 170 valence electrons. The average Bonchev–Trinajstić information content (AvgIpc) is 3.54. The van der Waals surface area contributed by atoms with Gasteiger partial charge in [0.05, 0.1) is 5.39 Å². The van der Waals surface area contributed by atoms with Crippen LogP contribution >= 0.6 is 11.3 Å². The number of para-hydroxylation sites is 1. The molecule has 0 saturated heterocycles. The number of hydrogen-bond acceptors (Lipinski definition) is 5. The highest BCUT2D eigenvalue weighted by Crippen LogP contribution is 2.40. The predicted molar refractivity (Wildman–Crippen MR) is 136 cm³/mol. The highest BCUT2D eigenvalue weighted by Gasteiger charge is 2.26. The van der Waals surface area contributed by atoms with Crippen molar-refractivity contribution in [2.24, 2.45) is 0 Å². The van der Waals surface area contributed by atoms with Gasteiger partial charge in [-0.2, -0.15) is 0 Å². The number of aliphatic carboxylic acids is 1. The number of aromatic amines is 1. The van der Waals surface area contributed by atoms with Gasteiger partial charge in [0, 0.05) is 34.8 Å². The van der Waals surface area contributed by atoms with Gasteiger partial charge in [-0.25, -0.2) is 14.8 Å². The van der Waals surface area contributed by atoms with Crippen molar-refractivity contribution >= 4 is 44.2 Å². The number of hydrogen-bond donors (Lipinski definition) is 3. The number of carboxylic acid groups (broad SMARTS) is 1. The Kier molecular flexibility index (Phi) is 5.26. The maximum absolute atomic E-state index is 12.3. The Morgan fingerprint density at radius 2 is 1.91 bits per heavy atom. The monoisotopic (exact) mass is 468 g/mol. The fourth-order valence-electron chi connectivity index (χ4n) is 4.89. The molecule has 0 radical (unpaired) electrons. The number of thiophene rings is 1. The molecule has 0 fully saturated rings. The van der Waals surface area contributed by atoms with Gasteiger partial charge in [0.15, 0.2) is 0 Å². The molecule has 7 heteroatoms. The zero-order chi connectivity index (χ0) is 23.1. The first-order valence-corrected chi connectivity index (χ1v) is 12.4. The Morgan fingerprint density at radius 3 is 2.76 bits per heavy atom. The molecule has 3 N–H and O–H groups in total. The van der Waals surface area contributed by atoms with Crippen molar-refractivity contribution in [2.45, 2.75) is 38.1 Å². The van der Waals surface area contributed by atoms with Crippen molar-refractivity contribution in [2.75, 3.05) is 5.32 Å². The van der Waals surface area contributed by atoms with Crippen molar-refractivity contribution < 1.29 is 9.90 Å². The quantitative estimate of drug-likeness (QED) is 0.299. The zero-order valence-electron chi connectivity index (χ0n) is 18.5. The summed E-state index contributed by atoms with van der Waals surface area (Å²) in [5.41, 5.74) is 4.39. The Labute approximate surface area is 200 Å². The molecular formula is C27H24N4O2S. The fraction of sp³-hybridized carbons (Fsp3) is 0.222. The second-order valence-corrected chi connectivity index (χ2v) is 9.87. The van der Waals surface area contributed by atoms with E-state index < -0.39 is 12.0 Å². The number of nitrogens with one attached hydrogen (secondary N) is 2. The number of benzene rings is 2. The van der Waals surface area contributed by atoms with E-state index in [1.165, 1.54) is 10.4 Å². The highest BCUT2D eigenvalue weighted by molar-refractivity contribution is 7.19. The van der Waals surface area contributed by atoms with Crippen LogP contribution in [0.2, 0.25) is 0 Å². The zero-order valence-corrected chi connectivity index (χ0v) is 19.4. The minimum Gasteiger partial charge on any atom is -0.480 e. The summed E-state index contributed by atoms with van der Waals surface area (Å²) in [6, 6.07) is 17.3. The molecule has 34 heavy (non-hydrogen) atoms. The molecule has 6 nitrogen and oxygen atoms in total. The molecule has 1 aliphatic carbocycles. The van der Waals surface area contributed by atoms with Gasteiger partial charge in [0.2, 0.25) is 0 Å². The van der Waals surface area contributed by atoms with E-state index in [9.17, 15) is 9.90 Å². The molecule has 1 unspecified atom stereocenters. The number of aryl methyl sites for hydroxylation is 2. The summed E-state index contributed by atoms with van der Waals surface area (Å²) in [4.78, 5) is 27.6. The van der Waals surface area contributed by atoms with Gasteiger partial charge in [-0.3, -0.25) is 0 Å². The van der Waals surface area contributed by atoms with Crippen LogP contribution < -0.4 is 5.32 Å². The summed E-state index contributed by atoms with van der Waals surface area (Å²) in [6.45, 7) is 0. The lowest BCUT2D eigenvalue weighted by molar-refractivity contribution is -0.137. The van der Waals surface area contributed by atoms with Crippen LogP contribution in [0, 0.1) is 0 Å². The second-order valence-electron chi connectivity index (χ2n) is 8.79. The summed E-state index contributed by atoms with van der Waals surface area (Å²) in [6.07, 6.45) is 6.04. The van der Waals surface area contributed by atoms with Crippen LogP contribution in [-0.4, -0.2) is 32.1 Å². The average molecular weight is 469 g/mol. The summed E-state index contributed by atoms with van der Waals surface area (Å²) in [7, 11) is 0. The molecular weight excluding hydrogens is 444 g/mol. The fourth-order valence-corrected chi connectivity index (χ4v) is 6.17. The van der Waals surface area contributed by atoms with Gasteiger partial charge in [-0.1, -0.05) is 48.5 Å². The Hall–Kier alpha value is -3.71. The summed E-state index contributed by atoms with van der Waals surface area (Å²) in [5, 5.41) is 15.5. The van der Waals surface area contributed by atoms with E-state index in [-0.39, 0.29) is 0 Å². The van der Waals surface area contributed by atoms with E-state index in [2.05, 4.69) is 22.4 Å². The Morgan fingerprint density at radius 1 is 1.09 bits per heavy atom. The van der Waals surface area contributed by atoms with E-state index in [1.807, 2.05) is 48.7 Å². The largest absolute Gasteiger partial charge is 0.480 e. The van der Waals surface area contributed by atoms with Crippen LogP contribution in [0.5, 0.6) is 0 Å². The topological polar surface area (TPSA) is 90.9 Å². The van der Waals surface area contributed by atoms with Crippen molar-refractivity contribution in [1.29, 1.82) is 0 Å². The summed E-state index contributed by atoms with van der Waals surface area (Å²) < 4.78 is 0. The number of H-pyrrole nitrogens is 1. The van der Waals surface area contributed by atoms with Gasteiger partial charge in [-0.15, -0.1) is 11.3 Å². The molecule has 0 aliphatic heterocycles. The normalized spacial score (nSPS) is 13.9. The van der Waals surface area contributed by atoms with Gasteiger partial charge in [0.25, 0.3) is 0 Å². The first-order chi connectivity index (χ1) is 16.7. The molecule has 5 aromatic rings. The lowest BCUT2D eigenvalue weighted by Gasteiger charge is -2.17. The number of fused-ring (bicyclic) bond motifs is 4. The van der Waals surface area contributed by atoms with Crippen LogP contribution in [0.4, 0.5) is 5.82 Å². The molecule has 0 spiro atoms. The van der Waals surface area contributed by atoms with Gasteiger partial charge >= 0.3 is 5.97 Å². The van der Waals surface area contributed by atoms with Crippen LogP contribution in [0.15, 0.2) is 60.8 Å². The number of aromatic nitrogens is 3. The number of nitrogens with zero attached hydrogens (tertiary/aromatic N) is 2. The van der Waals surface area contributed by atoms with Crippen molar-refractivity contribution in [3.05, 3.63) is 88.2 Å². The van der Waals surface area contributed by atoms with Crippen molar-refractivity contribution in [3.8, 4) is 0 Å². The third kappa shape index (κ3) is 3.82. The van der Waals surface area contributed by atoms with Gasteiger partial charge in [-0.05, 0) is 42.0 Å². The Bertz CT molecular complexity index is 1510. The number of carbonyl (C=O) groups is 1. The standard InChI is InChI=1S/C27H24N4O2S/c32-27(33)21(14-17-15-28-20-11-5-4-9-18(17)20)29-25-24-19-10-6-12-22(19)34-26(24)31-23(30-25)13-16-7-2-1-3-8-16/h1-5,7-9,11,15,21,28H,6,10,12-14H2,(H,32,33)(H,29,30,31). The van der Waals surface area contributed by atoms with E-state index in [1.54, 1.807) is 11.3 Å². The van der Waals surface area contributed by atoms with Crippen molar-refractivity contribution in [1.82, 2.24) is 15.0 Å². The minimum absolute atomic E-state index is 0.352. The van der Waals surface area contributed by atoms with Crippen LogP contribution in [0.3, 0.4) is 0 Å². The molecule has 3 aromatic heterocycles. The maximum atomic E-state index is 12.3. The lowest BCUT2D eigenvalue weighted by Crippen LogP contribution is -2.32. The smallest absolute Gasteiger partial charge is 0.326 e. The second kappa shape index (κ2) is 8.57. The van der Waals surface area contributed by atoms with Gasteiger partial charge in [0.1, 0.15) is 22.5 Å². The number of rotatable bonds is 7. The molecule has 0 saturated carbocycles. The van der Waals surface area contributed by atoms with Crippen molar-refractivity contribution in [3.63, 3.8) is 0 Å². The minimum atomic E-state index is -0.895. The molecule has 2 aromatic carbocycles. The molecule has 3 heterocycles. The van der Waals surface area contributed by atoms with E-state index in [0.29, 0.717) is 24.5 Å². The molecule has 0 amide bonds. The van der Waals surface area contributed by atoms with E-state index in [0.717, 1.165) is 51.5 Å². The number of carboxylic acids is 1. The molecule has 6 rings (SSSR count). The third-order valence-electron chi connectivity index (χ3n) is 6.52. The van der Waals surface area contributed by atoms with E-state index in [4.69, 9.17) is 9.97 Å². The number of anilines is 1. The summed E-state index contributed by atoms with van der Waals surface area (Å²) >= 11 is 1.72. The predicted octanol–water partition coefficient (Wildman–Crippen LogP) is 5.36. The molecule has 1 aliphatic rings. The first kappa shape index (κ1) is 20.9. The highest BCUT2D eigenvalue weighted by atomic mass is 32.1. The summed E-state index contributed by atoms with van der Waals surface area (Å²) in [5.74, 6) is 0.452.